The van der Waals surface area contributed by atoms with Gasteiger partial charge in [-0.2, -0.15) is 15.4 Å². The van der Waals surface area contributed by atoms with Crippen molar-refractivity contribution in [3.8, 4) is 17.0 Å². The summed E-state index contributed by atoms with van der Waals surface area (Å²) in [7, 11) is 1.67. The second-order valence-corrected chi connectivity index (χ2v) is 4.72. The van der Waals surface area contributed by atoms with Crippen molar-refractivity contribution < 1.29 is 4.74 Å². The number of ether oxygens (including phenoxy) is 1. The molecule has 3 rings (SSSR count). The number of aromatic amines is 1. The number of nitrogens with zero attached hydrogens (tertiary/aromatic N) is 2. The highest BCUT2D eigenvalue weighted by Crippen LogP contribution is 2.31. The largest absolute Gasteiger partial charge is 0.497 e. The fraction of sp³-hybridized carbons (Fsp3) is 0.333. The first-order chi connectivity index (χ1) is 9.38. The molecule has 0 radical (unpaired) electrons. The SMILES string of the molecule is COc1ccc(-c2n[nH]nc2C2=CCCCC2)cc1. The zero-order valence-corrected chi connectivity index (χ0v) is 11.0. The van der Waals surface area contributed by atoms with Crippen LogP contribution in [0, 0.1) is 0 Å². The summed E-state index contributed by atoms with van der Waals surface area (Å²) in [6, 6.07) is 7.93. The summed E-state index contributed by atoms with van der Waals surface area (Å²) in [6.45, 7) is 0. The lowest BCUT2D eigenvalue weighted by molar-refractivity contribution is 0.415. The van der Waals surface area contributed by atoms with Gasteiger partial charge in [-0.05, 0) is 55.5 Å². The number of methoxy groups -OCH3 is 1. The van der Waals surface area contributed by atoms with Crippen LogP contribution < -0.4 is 4.74 Å². The third-order valence-electron chi connectivity index (χ3n) is 3.51. The first-order valence-corrected chi connectivity index (χ1v) is 6.63. The number of aromatic nitrogens is 3. The van der Waals surface area contributed by atoms with Gasteiger partial charge in [-0.25, -0.2) is 0 Å². The molecule has 1 aliphatic rings. The van der Waals surface area contributed by atoms with Crippen molar-refractivity contribution in [2.24, 2.45) is 0 Å². The molecular weight excluding hydrogens is 238 g/mol. The number of nitrogens with one attached hydrogen (secondary N) is 1. The van der Waals surface area contributed by atoms with Gasteiger partial charge in [-0.15, -0.1) is 0 Å². The van der Waals surface area contributed by atoms with E-state index >= 15 is 0 Å². The fourth-order valence-electron chi connectivity index (χ4n) is 2.46. The number of allylic oxidation sites excluding steroid dienone is 2. The Balaban J connectivity index is 1.96. The summed E-state index contributed by atoms with van der Waals surface area (Å²) in [5.41, 5.74) is 4.29. The first-order valence-electron chi connectivity index (χ1n) is 6.63. The standard InChI is InChI=1S/C15H17N3O/c1-19-13-9-7-12(8-10-13)15-14(16-18-17-15)11-5-3-2-4-6-11/h5,7-10H,2-4,6H2,1H3,(H,16,17,18). The molecule has 98 valence electrons. The Kier molecular flexibility index (Phi) is 3.31. The maximum absolute atomic E-state index is 5.18. The Labute approximate surface area is 112 Å². The van der Waals surface area contributed by atoms with E-state index in [1.807, 2.05) is 24.3 Å². The van der Waals surface area contributed by atoms with Crippen LogP contribution in [0.3, 0.4) is 0 Å². The van der Waals surface area contributed by atoms with Crippen LogP contribution in [-0.2, 0) is 0 Å². The average molecular weight is 255 g/mol. The number of rotatable bonds is 3. The molecule has 0 unspecified atom stereocenters. The van der Waals surface area contributed by atoms with Gasteiger partial charge in [0.25, 0.3) is 0 Å². The third kappa shape index (κ3) is 2.38. The molecule has 0 fully saturated rings. The van der Waals surface area contributed by atoms with E-state index in [4.69, 9.17) is 4.74 Å². The predicted molar refractivity (Wildman–Crippen MR) is 74.8 cm³/mol. The van der Waals surface area contributed by atoms with Gasteiger partial charge in [0.1, 0.15) is 17.1 Å². The van der Waals surface area contributed by atoms with E-state index in [0.29, 0.717) is 0 Å². The van der Waals surface area contributed by atoms with Gasteiger partial charge in [0.05, 0.1) is 7.11 Å². The van der Waals surface area contributed by atoms with E-state index < -0.39 is 0 Å². The van der Waals surface area contributed by atoms with E-state index in [9.17, 15) is 0 Å². The Morgan fingerprint density at radius 1 is 1.05 bits per heavy atom. The topological polar surface area (TPSA) is 50.8 Å². The smallest absolute Gasteiger partial charge is 0.120 e. The van der Waals surface area contributed by atoms with E-state index in [-0.39, 0.29) is 0 Å². The molecule has 19 heavy (non-hydrogen) atoms. The van der Waals surface area contributed by atoms with Gasteiger partial charge in [-0.1, -0.05) is 6.08 Å². The maximum Gasteiger partial charge on any atom is 0.120 e. The molecule has 1 heterocycles. The zero-order valence-electron chi connectivity index (χ0n) is 11.0. The van der Waals surface area contributed by atoms with Crippen molar-refractivity contribution in [1.29, 1.82) is 0 Å². The highest BCUT2D eigenvalue weighted by Gasteiger charge is 2.16. The molecular formula is C15H17N3O. The van der Waals surface area contributed by atoms with Gasteiger partial charge in [-0.3, -0.25) is 0 Å². The molecule has 2 aromatic rings. The lowest BCUT2D eigenvalue weighted by Gasteiger charge is -2.11. The zero-order chi connectivity index (χ0) is 13.1. The maximum atomic E-state index is 5.18. The van der Waals surface area contributed by atoms with Crippen LogP contribution >= 0.6 is 0 Å². The molecule has 0 amide bonds. The lowest BCUT2D eigenvalue weighted by atomic mass is 9.95. The minimum atomic E-state index is 0.852. The molecule has 4 nitrogen and oxygen atoms in total. The van der Waals surface area contributed by atoms with Crippen molar-refractivity contribution in [3.05, 3.63) is 36.0 Å². The van der Waals surface area contributed by atoms with Crippen LogP contribution in [0.1, 0.15) is 31.4 Å². The average Bonchev–Trinajstić information content (AvgIpc) is 2.98. The summed E-state index contributed by atoms with van der Waals surface area (Å²) in [4.78, 5) is 0. The third-order valence-corrected chi connectivity index (χ3v) is 3.51. The van der Waals surface area contributed by atoms with Crippen molar-refractivity contribution in [2.75, 3.05) is 7.11 Å². The Morgan fingerprint density at radius 3 is 2.53 bits per heavy atom. The monoisotopic (exact) mass is 255 g/mol. The van der Waals surface area contributed by atoms with Gasteiger partial charge in [0.2, 0.25) is 0 Å². The molecule has 0 saturated carbocycles. The van der Waals surface area contributed by atoms with E-state index in [1.54, 1.807) is 7.11 Å². The van der Waals surface area contributed by atoms with Crippen molar-refractivity contribution in [1.82, 2.24) is 15.4 Å². The van der Waals surface area contributed by atoms with Crippen molar-refractivity contribution in [3.63, 3.8) is 0 Å². The van der Waals surface area contributed by atoms with Crippen molar-refractivity contribution >= 4 is 5.57 Å². The summed E-state index contributed by atoms with van der Waals surface area (Å²) < 4.78 is 5.18. The van der Waals surface area contributed by atoms with Crippen LogP contribution in [0.25, 0.3) is 16.8 Å². The van der Waals surface area contributed by atoms with Gasteiger partial charge in [0.15, 0.2) is 0 Å². The van der Waals surface area contributed by atoms with Gasteiger partial charge in [0, 0.05) is 5.56 Å². The second-order valence-electron chi connectivity index (χ2n) is 4.72. The number of benzene rings is 1. The minimum Gasteiger partial charge on any atom is -0.497 e. The second kappa shape index (κ2) is 5.26. The Bertz CT molecular complexity index is 584. The summed E-state index contributed by atoms with van der Waals surface area (Å²) in [5.74, 6) is 0.852. The highest BCUT2D eigenvalue weighted by molar-refractivity contribution is 5.76. The number of hydrogen-bond acceptors (Lipinski definition) is 3. The minimum absolute atomic E-state index is 0.852. The molecule has 4 heteroatoms. The van der Waals surface area contributed by atoms with Crippen LogP contribution in [0.15, 0.2) is 30.3 Å². The summed E-state index contributed by atoms with van der Waals surface area (Å²) in [6.07, 6.45) is 7.04. The Morgan fingerprint density at radius 2 is 1.84 bits per heavy atom. The molecule has 1 aliphatic carbocycles. The molecule has 0 spiro atoms. The van der Waals surface area contributed by atoms with E-state index in [0.717, 1.165) is 35.5 Å². The molecule has 0 saturated heterocycles. The van der Waals surface area contributed by atoms with E-state index in [1.165, 1.54) is 18.4 Å². The summed E-state index contributed by atoms with van der Waals surface area (Å²) in [5, 5.41) is 11.4. The molecule has 1 aromatic heterocycles. The van der Waals surface area contributed by atoms with Gasteiger partial charge >= 0.3 is 0 Å². The lowest BCUT2D eigenvalue weighted by Crippen LogP contribution is -1.94. The van der Waals surface area contributed by atoms with Crippen LogP contribution in [-0.4, -0.2) is 22.5 Å². The molecule has 0 aliphatic heterocycles. The fourth-order valence-corrected chi connectivity index (χ4v) is 2.46. The number of H-pyrrole nitrogens is 1. The quantitative estimate of drug-likeness (QED) is 0.914. The van der Waals surface area contributed by atoms with Crippen molar-refractivity contribution in [2.45, 2.75) is 25.7 Å². The first kappa shape index (κ1) is 12.0. The molecule has 0 atom stereocenters. The van der Waals surface area contributed by atoms with Crippen LogP contribution in [0.5, 0.6) is 5.75 Å². The van der Waals surface area contributed by atoms with Gasteiger partial charge < -0.3 is 4.74 Å². The normalized spacial score (nSPS) is 15.1. The molecule has 1 aromatic carbocycles. The predicted octanol–water partition coefficient (Wildman–Crippen LogP) is 3.44. The highest BCUT2D eigenvalue weighted by atomic mass is 16.5. The van der Waals surface area contributed by atoms with Crippen LogP contribution in [0.2, 0.25) is 0 Å². The molecule has 0 bridgehead atoms. The van der Waals surface area contributed by atoms with E-state index in [2.05, 4.69) is 21.5 Å². The number of hydrogen-bond donors (Lipinski definition) is 1. The Hall–Kier alpha value is -2.10. The summed E-state index contributed by atoms with van der Waals surface area (Å²) >= 11 is 0. The molecule has 1 N–H and O–H groups in total. The van der Waals surface area contributed by atoms with Crippen LogP contribution in [0.4, 0.5) is 0 Å².